The second-order valence-electron chi connectivity index (χ2n) is 3.02. The number of halogens is 2. The standard InChI is InChI=1S/C8H17N3O.2ClH/c1-2-10-3-5-11(6-4-10)8(12)7-9;;/h2-7,9H2,1H3;2*1H. The van der Waals surface area contributed by atoms with Crippen molar-refractivity contribution in [2.24, 2.45) is 5.73 Å². The van der Waals surface area contributed by atoms with Crippen molar-refractivity contribution in [3.05, 3.63) is 0 Å². The first-order valence-electron chi connectivity index (χ1n) is 4.48. The molecule has 4 nitrogen and oxygen atoms in total. The third kappa shape index (κ3) is 4.46. The summed E-state index contributed by atoms with van der Waals surface area (Å²) in [5.74, 6) is 0.0748. The largest absolute Gasteiger partial charge is 0.339 e. The normalized spacial score (nSPS) is 16.9. The molecule has 6 heteroatoms. The number of carbonyl (C=O) groups excluding carboxylic acids is 1. The molecule has 86 valence electrons. The molecule has 0 atom stereocenters. The Kier molecular flexibility index (Phi) is 9.72. The summed E-state index contributed by atoms with van der Waals surface area (Å²) in [6.45, 7) is 7.01. The van der Waals surface area contributed by atoms with Crippen LogP contribution in [0.2, 0.25) is 0 Å². The lowest BCUT2D eigenvalue weighted by atomic mass is 10.3. The van der Waals surface area contributed by atoms with Crippen LogP contribution in [0.25, 0.3) is 0 Å². The van der Waals surface area contributed by atoms with Crippen LogP contribution in [-0.2, 0) is 4.79 Å². The van der Waals surface area contributed by atoms with Crippen LogP contribution in [0, 0.1) is 0 Å². The summed E-state index contributed by atoms with van der Waals surface area (Å²) in [6, 6.07) is 0. The Morgan fingerprint density at radius 2 is 1.71 bits per heavy atom. The number of amides is 1. The highest BCUT2D eigenvalue weighted by Gasteiger charge is 2.18. The first-order chi connectivity index (χ1) is 5.77. The zero-order valence-electron chi connectivity index (χ0n) is 8.44. The van der Waals surface area contributed by atoms with E-state index in [2.05, 4.69) is 11.8 Å². The van der Waals surface area contributed by atoms with Crippen LogP contribution in [0.4, 0.5) is 0 Å². The van der Waals surface area contributed by atoms with Crippen molar-refractivity contribution in [1.82, 2.24) is 9.80 Å². The average Bonchev–Trinajstić information content (AvgIpc) is 2.17. The average molecular weight is 244 g/mol. The molecule has 1 amide bonds. The van der Waals surface area contributed by atoms with Gasteiger partial charge in [0, 0.05) is 26.2 Å². The van der Waals surface area contributed by atoms with E-state index in [9.17, 15) is 4.79 Å². The maximum Gasteiger partial charge on any atom is 0.236 e. The fraction of sp³-hybridized carbons (Fsp3) is 0.875. The van der Waals surface area contributed by atoms with Crippen molar-refractivity contribution in [2.45, 2.75) is 6.92 Å². The molecule has 1 rings (SSSR count). The van der Waals surface area contributed by atoms with Crippen molar-refractivity contribution in [2.75, 3.05) is 39.3 Å². The van der Waals surface area contributed by atoms with Crippen molar-refractivity contribution < 1.29 is 4.79 Å². The summed E-state index contributed by atoms with van der Waals surface area (Å²) >= 11 is 0. The van der Waals surface area contributed by atoms with Gasteiger partial charge in [-0.25, -0.2) is 0 Å². The predicted octanol–water partition coefficient (Wildman–Crippen LogP) is -0.0472. The Labute approximate surface area is 97.6 Å². The van der Waals surface area contributed by atoms with Crippen LogP contribution in [0.15, 0.2) is 0 Å². The minimum atomic E-state index is 0. The van der Waals surface area contributed by atoms with Crippen molar-refractivity contribution in [1.29, 1.82) is 0 Å². The second kappa shape index (κ2) is 8.29. The molecule has 1 aliphatic heterocycles. The molecule has 0 unspecified atom stereocenters. The predicted molar refractivity (Wildman–Crippen MR) is 62.2 cm³/mol. The van der Waals surface area contributed by atoms with E-state index < -0.39 is 0 Å². The second-order valence-corrected chi connectivity index (χ2v) is 3.02. The van der Waals surface area contributed by atoms with Gasteiger partial charge in [-0.3, -0.25) is 4.79 Å². The van der Waals surface area contributed by atoms with Gasteiger partial charge in [-0.15, -0.1) is 24.8 Å². The molecular weight excluding hydrogens is 225 g/mol. The van der Waals surface area contributed by atoms with Crippen molar-refractivity contribution in [3.8, 4) is 0 Å². The molecule has 0 radical (unpaired) electrons. The van der Waals surface area contributed by atoms with E-state index in [0.717, 1.165) is 32.7 Å². The van der Waals surface area contributed by atoms with E-state index in [0.29, 0.717) is 0 Å². The molecule has 1 saturated heterocycles. The summed E-state index contributed by atoms with van der Waals surface area (Å²) in [7, 11) is 0. The molecule has 1 heterocycles. The Morgan fingerprint density at radius 3 is 2.07 bits per heavy atom. The highest BCUT2D eigenvalue weighted by atomic mass is 35.5. The fourth-order valence-corrected chi connectivity index (χ4v) is 1.44. The Morgan fingerprint density at radius 1 is 1.21 bits per heavy atom. The molecule has 0 spiro atoms. The first kappa shape index (κ1) is 16.4. The minimum absolute atomic E-state index is 0. The number of hydrogen-bond acceptors (Lipinski definition) is 3. The highest BCUT2D eigenvalue weighted by Crippen LogP contribution is 2.00. The number of rotatable bonds is 2. The third-order valence-electron chi connectivity index (χ3n) is 2.35. The van der Waals surface area contributed by atoms with E-state index in [4.69, 9.17) is 5.73 Å². The summed E-state index contributed by atoms with van der Waals surface area (Å²) in [5.41, 5.74) is 5.27. The van der Waals surface area contributed by atoms with Gasteiger partial charge in [-0.05, 0) is 6.54 Å². The molecule has 0 aromatic heterocycles. The van der Waals surface area contributed by atoms with Crippen LogP contribution in [0.3, 0.4) is 0 Å². The zero-order chi connectivity index (χ0) is 8.97. The van der Waals surface area contributed by atoms with Gasteiger partial charge in [0.25, 0.3) is 0 Å². The summed E-state index contributed by atoms with van der Waals surface area (Å²) in [5, 5.41) is 0. The van der Waals surface area contributed by atoms with Gasteiger partial charge < -0.3 is 15.5 Å². The molecule has 0 bridgehead atoms. The van der Waals surface area contributed by atoms with Crippen LogP contribution in [-0.4, -0.2) is 55.0 Å². The Hall–Kier alpha value is -0.0300. The molecule has 0 aromatic rings. The number of nitrogens with two attached hydrogens (primary N) is 1. The van der Waals surface area contributed by atoms with E-state index in [1.165, 1.54) is 0 Å². The molecule has 14 heavy (non-hydrogen) atoms. The van der Waals surface area contributed by atoms with Gasteiger partial charge in [-0.1, -0.05) is 6.92 Å². The monoisotopic (exact) mass is 243 g/mol. The van der Waals surface area contributed by atoms with Gasteiger partial charge in [-0.2, -0.15) is 0 Å². The Bertz CT molecular complexity index is 161. The molecule has 1 fully saturated rings. The Balaban J connectivity index is 0. The lowest BCUT2D eigenvalue weighted by Gasteiger charge is -2.33. The molecule has 0 aromatic carbocycles. The van der Waals surface area contributed by atoms with Crippen LogP contribution in [0.1, 0.15) is 6.92 Å². The topological polar surface area (TPSA) is 49.6 Å². The molecule has 2 N–H and O–H groups in total. The molecular formula is C8H19Cl2N3O. The number of likely N-dealkylation sites (N-methyl/N-ethyl adjacent to an activating group) is 1. The molecule has 0 aliphatic carbocycles. The summed E-state index contributed by atoms with van der Waals surface area (Å²) in [6.07, 6.45) is 0. The van der Waals surface area contributed by atoms with Crippen LogP contribution < -0.4 is 5.73 Å². The number of nitrogens with zero attached hydrogens (tertiary/aromatic N) is 2. The smallest absolute Gasteiger partial charge is 0.236 e. The van der Waals surface area contributed by atoms with Gasteiger partial charge in [0.15, 0.2) is 0 Å². The van der Waals surface area contributed by atoms with E-state index >= 15 is 0 Å². The van der Waals surface area contributed by atoms with Crippen LogP contribution in [0.5, 0.6) is 0 Å². The molecule has 1 aliphatic rings. The highest BCUT2D eigenvalue weighted by molar-refractivity contribution is 5.85. The number of hydrogen-bond donors (Lipinski definition) is 1. The molecule has 0 saturated carbocycles. The summed E-state index contributed by atoms with van der Waals surface area (Å²) < 4.78 is 0. The lowest BCUT2D eigenvalue weighted by Crippen LogP contribution is -2.50. The van der Waals surface area contributed by atoms with E-state index in [-0.39, 0.29) is 37.3 Å². The van der Waals surface area contributed by atoms with Gasteiger partial charge in [0.1, 0.15) is 0 Å². The number of piperazine rings is 1. The third-order valence-corrected chi connectivity index (χ3v) is 2.35. The van der Waals surface area contributed by atoms with E-state index in [1.807, 2.05) is 4.90 Å². The fourth-order valence-electron chi connectivity index (χ4n) is 1.44. The van der Waals surface area contributed by atoms with E-state index in [1.54, 1.807) is 0 Å². The lowest BCUT2D eigenvalue weighted by molar-refractivity contribution is -0.131. The van der Waals surface area contributed by atoms with Gasteiger partial charge in [0.2, 0.25) is 5.91 Å². The zero-order valence-corrected chi connectivity index (χ0v) is 10.1. The van der Waals surface area contributed by atoms with Crippen molar-refractivity contribution in [3.63, 3.8) is 0 Å². The van der Waals surface area contributed by atoms with Gasteiger partial charge in [0.05, 0.1) is 6.54 Å². The van der Waals surface area contributed by atoms with Gasteiger partial charge >= 0.3 is 0 Å². The minimum Gasteiger partial charge on any atom is -0.339 e. The maximum atomic E-state index is 11.1. The maximum absolute atomic E-state index is 11.1. The first-order valence-corrected chi connectivity index (χ1v) is 4.48. The SMILES string of the molecule is CCN1CCN(C(=O)CN)CC1.Cl.Cl. The quantitative estimate of drug-likeness (QED) is 0.741. The number of carbonyl (C=O) groups is 1. The van der Waals surface area contributed by atoms with Crippen molar-refractivity contribution >= 4 is 30.7 Å². The van der Waals surface area contributed by atoms with Crippen LogP contribution >= 0.6 is 24.8 Å². The summed E-state index contributed by atoms with van der Waals surface area (Å²) in [4.78, 5) is 15.3.